The van der Waals surface area contributed by atoms with Crippen molar-refractivity contribution in [2.24, 2.45) is 5.92 Å². The van der Waals surface area contributed by atoms with Crippen molar-refractivity contribution in [2.45, 2.75) is 6.04 Å². The lowest BCUT2D eigenvalue weighted by Crippen LogP contribution is -2.51. The van der Waals surface area contributed by atoms with Gasteiger partial charge in [-0.1, -0.05) is 18.7 Å². The summed E-state index contributed by atoms with van der Waals surface area (Å²) in [5.74, 6) is -1.67. The first-order valence-electron chi connectivity index (χ1n) is 5.62. The normalized spacial score (nSPS) is 22.4. The third kappa shape index (κ3) is 2.57. The van der Waals surface area contributed by atoms with Crippen LogP contribution in [0.5, 0.6) is 0 Å². The van der Waals surface area contributed by atoms with Gasteiger partial charge in [-0.25, -0.2) is 9.18 Å². The Morgan fingerprint density at radius 3 is 2.58 bits per heavy atom. The Bertz CT molecular complexity index is 527. The van der Waals surface area contributed by atoms with Crippen LogP contribution in [0.4, 0.5) is 9.18 Å². The second-order valence-electron chi connectivity index (χ2n) is 4.15. The fourth-order valence-corrected chi connectivity index (χ4v) is 2.04. The first-order chi connectivity index (χ1) is 9.02. The van der Waals surface area contributed by atoms with Crippen molar-refractivity contribution in [3.63, 3.8) is 0 Å². The van der Waals surface area contributed by atoms with E-state index in [1.165, 1.54) is 31.4 Å². The van der Waals surface area contributed by atoms with Gasteiger partial charge in [-0.3, -0.25) is 4.79 Å². The molecule has 2 rings (SSSR count). The van der Waals surface area contributed by atoms with Crippen LogP contribution in [0.3, 0.4) is 0 Å². The van der Waals surface area contributed by atoms with Crippen LogP contribution in [0, 0.1) is 11.7 Å². The molecule has 0 aliphatic carbocycles. The van der Waals surface area contributed by atoms with Gasteiger partial charge in [-0.15, -0.1) is 0 Å². The number of benzene rings is 1. The van der Waals surface area contributed by atoms with E-state index in [-0.39, 0.29) is 5.70 Å². The van der Waals surface area contributed by atoms with Crippen molar-refractivity contribution in [3.8, 4) is 0 Å². The van der Waals surface area contributed by atoms with Gasteiger partial charge < -0.3 is 15.4 Å². The second-order valence-corrected chi connectivity index (χ2v) is 4.15. The topological polar surface area (TPSA) is 67.4 Å². The van der Waals surface area contributed by atoms with Crippen molar-refractivity contribution >= 4 is 12.0 Å². The number of halogens is 1. The minimum absolute atomic E-state index is 0.255. The summed E-state index contributed by atoms with van der Waals surface area (Å²) in [5.41, 5.74) is 0.859. The highest BCUT2D eigenvalue weighted by Gasteiger charge is 2.38. The molecule has 1 heterocycles. The molecule has 2 atom stereocenters. The van der Waals surface area contributed by atoms with Crippen molar-refractivity contribution in [1.82, 2.24) is 10.6 Å². The summed E-state index contributed by atoms with van der Waals surface area (Å²) in [5, 5.41) is 5.05. The number of hydrogen-bond donors (Lipinski definition) is 2. The fourth-order valence-electron chi connectivity index (χ4n) is 2.04. The van der Waals surface area contributed by atoms with Gasteiger partial charge >= 0.3 is 12.0 Å². The molecule has 0 saturated carbocycles. The van der Waals surface area contributed by atoms with Gasteiger partial charge in [0, 0.05) is 5.70 Å². The highest BCUT2D eigenvalue weighted by Crippen LogP contribution is 2.30. The van der Waals surface area contributed by atoms with Gasteiger partial charge in [0.05, 0.1) is 13.2 Å². The zero-order valence-corrected chi connectivity index (χ0v) is 10.3. The molecular formula is C13H13FN2O3. The summed E-state index contributed by atoms with van der Waals surface area (Å²) in [6, 6.07) is 4.46. The number of hydrogen-bond acceptors (Lipinski definition) is 3. The van der Waals surface area contributed by atoms with Gasteiger partial charge in [0.25, 0.3) is 0 Å². The zero-order chi connectivity index (χ0) is 14.0. The molecule has 5 nitrogen and oxygen atoms in total. The molecule has 1 fully saturated rings. The van der Waals surface area contributed by atoms with Crippen molar-refractivity contribution in [3.05, 3.63) is 47.9 Å². The van der Waals surface area contributed by atoms with Gasteiger partial charge in [0.2, 0.25) is 0 Å². The average Bonchev–Trinajstić information content (AvgIpc) is 2.38. The molecule has 1 aliphatic heterocycles. The highest BCUT2D eigenvalue weighted by atomic mass is 19.1. The predicted molar refractivity (Wildman–Crippen MR) is 65.5 cm³/mol. The van der Waals surface area contributed by atoms with E-state index >= 15 is 0 Å². The lowest BCUT2D eigenvalue weighted by atomic mass is 9.89. The van der Waals surface area contributed by atoms with E-state index in [0.717, 1.165) is 0 Å². The maximum Gasteiger partial charge on any atom is 0.319 e. The number of carbonyl (C=O) groups is 2. The average molecular weight is 264 g/mol. The number of rotatable bonds is 2. The van der Waals surface area contributed by atoms with Crippen LogP contribution in [0.1, 0.15) is 11.6 Å². The molecule has 0 radical (unpaired) electrons. The monoisotopic (exact) mass is 264 g/mol. The summed E-state index contributed by atoms with van der Waals surface area (Å²) in [6.45, 7) is 3.66. The van der Waals surface area contributed by atoms with Gasteiger partial charge in [0.15, 0.2) is 0 Å². The fraction of sp³-hybridized carbons (Fsp3) is 0.231. The van der Waals surface area contributed by atoms with E-state index in [4.69, 9.17) is 4.74 Å². The molecule has 2 amide bonds. The smallest absolute Gasteiger partial charge is 0.319 e. The summed E-state index contributed by atoms with van der Waals surface area (Å²) >= 11 is 0. The molecule has 0 spiro atoms. The van der Waals surface area contributed by atoms with Crippen LogP contribution in [-0.2, 0) is 9.53 Å². The standard InChI is InChI=1S/C13H13FN2O3/c1-7-10(12(17)19-2)11(16-13(18)15-7)8-3-5-9(14)6-4-8/h3-6,10-11H,1H2,2H3,(H2,15,16,18). The number of amides is 2. The molecule has 100 valence electrons. The molecule has 1 aromatic rings. The Kier molecular flexibility index (Phi) is 3.50. The summed E-state index contributed by atoms with van der Waals surface area (Å²) in [7, 11) is 1.26. The number of urea groups is 1. The van der Waals surface area contributed by atoms with E-state index in [1.807, 2.05) is 0 Å². The molecule has 0 bridgehead atoms. The van der Waals surface area contributed by atoms with Crippen LogP contribution in [0.25, 0.3) is 0 Å². The SMILES string of the molecule is C=C1NC(=O)NC(c2ccc(F)cc2)C1C(=O)OC. The number of esters is 1. The first-order valence-corrected chi connectivity index (χ1v) is 5.62. The molecule has 19 heavy (non-hydrogen) atoms. The van der Waals surface area contributed by atoms with Crippen LogP contribution in [0.2, 0.25) is 0 Å². The van der Waals surface area contributed by atoms with Crippen LogP contribution < -0.4 is 10.6 Å². The van der Waals surface area contributed by atoms with E-state index in [2.05, 4.69) is 17.2 Å². The minimum atomic E-state index is -0.756. The lowest BCUT2D eigenvalue weighted by Gasteiger charge is -2.32. The molecule has 6 heteroatoms. The number of methoxy groups -OCH3 is 1. The maximum atomic E-state index is 12.9. The van der Waals surface area contributed by atoms with Crippen molar-refractivity contribution < 1.29 is 18.7 Å². The third-order valence-electron chi connectivity index (χ3n) is 2.95. The summed E-state index contributed by atoms with van der Waals surface area (Å²) in [6.07, 6.45) is 0. The summed E-state index contributed by atoms with van der Waals surface area (Å²) < 4.78 is 17.6. The van der Waals surface area contributed by atoms with Crippen molar-refractivity contribution in [1.29, 1.82) is 0 Å². The van der Waals surface area contributed by atoms with E-state index in [0.29, 0.717) is 5.56 Å². The minimum Gasteiger partial charge on any atom is -0.468 e. The number of nitrogens with one attached hydrogen (secondary N) is 2. The number of ether oxygens (including phenoxy) is 1. The van der Waals surface area contributed by atoms with Crippen LogP contribution in [0.15, 0.2) is 36.5 Å². The first kappa shape index (κ1) is 13.1. The zero-order valence-electron chi connectivity index (χ0n) is 10.3. The quantitative estimate of drug-likeness (QED) is 0.795. The Morgan fingerprint density at radius 2 is 2.00 bits per heavy atom. The molecule has 1 saturated heterocycles. The maximum absolute atomic E-state index is 12.9. The molecule has 1 aliphatic rings. The molecule has 2 unspecified atom stereocenters. The van der Waals surface area contributed by atoms with E-state index in [9.17, 15) is 14.0 Å². The Labute approximate surface area is 109 Å². The predicted octanol–water partition coefficient (Wildman–Crippen LogP) is 1.48. The molecule has 2 N–H and O–H groups in total. The largest absolute Gasteiger partial charge is 0.468 e. The van der Waals surface area contributed by atoms with Crippen LogP contribution >= 0.6 is 0 Å². The molecular weight excluding hydrogens is 251 g/mol. The Balaban J connectivity index is 2.37. The number of carbonyl (C=O) groups excluding carboxylic acids is 2. The van der Waals surface area contributed by atoms with Gasteiger partial charge in [-0.05, 0) is 17.7 Å². The Morgan fingerprint density at radius 1 is 1.37 bits per heavy atom. The van der Waals surface area contributed by atoms with Crippen LogP contribution in [-0.4, -0.2) is 19.1 Å². The van der Waals surface area contributed by atoms with E-state index in [1.54, 1.807) is 0 Å². The Hall–Kier alpha value is -2.37. The summed E-state index contributed by atoms with van der Waals surface area (Å²) in [4.78, 5) is 23.3. The second kappa shape index (κ2) is 5.09. The van der Waals surface area contributed by atoms with Crippen molar-refractivity contribution in [2.75, 3.05) is 7.11 Å². The molecule has 1 aromatic carbocycles. The van der Waals surface area contributed by atoms with Gasteiger partial charge in [0.1, 0.15) is 11.7 Å². The third-order valence-corrected chi connectivity index (χ3v) is 2.95. The highest BCUT2D eigenvalue weighted by molar-refractivity contribution is 5.85. The van der Waals surface area contributed by atoms with Gasteiger partial charge in [-0.2, -0.15) is 0 Å². The lowest BCUT2D eigenvalue weighted by molar-refractivity contribution is -0.145. The van der Waals surface area contributed by atoms with E-state index < -0.39 is 29.8 Å². The molecule has 0 aromatic heterocycles.